The zero-order valence-corrected chi connectivity index (χ0v) is 14.9. The summed E-state index contributed by atoms with van der Waals surface area (Å²) < 4.78 is 29.4. The Balaban J connectivity index is 1.85. The van der Waals surface area contributed by atoms with Gasteiger partial charge in [0.2, 0.25) is 14.2 Å². The standard InChI is InChI=1S/C16H14ClN3O2S2/c17-13-3-1-2-12(8-13)9-15-19-16(23-20-15)24(21,22)14-6-4-11(10-18)5-7-14/h1-8H,9-10,18H2. The maximum absolute atomic E-state index is 12.6. The number of sulfone groups is 1. The lowest BCUT2D eigenvalue weighted by atomic mass is 10.1. The first kappa shape index (κ1) is 17.0. The Labute approximate surface area is 149 Å². The minimum absolute atomic E-state index is 0.0139. The zero-order valence-electron chi connectivity index (χ0n) is 12.5. The zero-order chi connectivity index (χ0) is 17.2. The van der Waals surface area contributed by atoms with Gasteiger partial charge in [-0.1, -0.05) is 35.9 Å². The van der Waals surface area contributed by atoms with Crippen LogP contribution in [-0.2, 0) is 22.8 Å². The van der Waals surface area contributed by atoms with Crippen molar-refractivity contribution in [3.05, 3.63) is 70.5 Å². The lowest BCUT2D eigenvalue weighted by Gasteiger charge is -2.02. The van der Waals surface area contributed by atoms with Crippen molar-refractivity contribution >= 4 is 33.0 Å². The highest BCUT2D eigenvalue weighted by atomic mass is 35.5. The van der Waals surface area contributed by atoms with Crippen LogP contribution in [0, 0.1) is 0 Å². The minimum atomic E-state index is -3.67. The molecule has 0 aliphatic heterocycles. The second kappa shape index (κ2) is 6.98. The van der Waals surface area contributed by atoms with E-state index < -0.39 is 9.84 Å². The van der Waals surface area contributed by atoms with Gasteiger partial charge in [0, 0.05) is 18.0 Å². The molecule has 0 saturated carbocycles. The number of halogens is 1. The third-order valence-electron chi connectivity index (χ3n) is 3.40. The Kier molecular flexibility index (Phi) is 4.96. The molecule has 0 fully saturated rings. The van der Waals surface area contributed by atoms with E-state index in [1.165, 1.54) is 12.1 Å². The molecule has 8 heteroatoms. The molecule has 0 saturated heterocycles. The van der Waals surface area contributed by atoms with Gasteiger partial charge in [0.1, 0.15) is 5.82 Å². The fourth-order valence-electron chi connectivity index (χ4n) is 2.15. The Hall–Kier alpha value is -1.80. The fourth-order valence-corrected chi connectivity index (χ4v) is 4.52. The maximum atomic E-state index is 12.6. The van der Waals surface area contributed by atoms with E-state index in [1.54, 1.807) is 18.2 Å². The Morgan fingerprint density at radius 3 is 2.50 bits per heavy atom. The highest BCUT2D eigenvalue weighted by Gasteiger charge is 2.22. The summed E-state index contributed by atoms with van der Waals surface area (Å²) in [4.78, 5) is 4.36. The molecular weight excluding hydrogens is 366 g/mol. The number of hydrogen-bond acceptors (Lipinski definition) is 6. The summed E-state index contributed by atoms with van der Waals surface area (Å²) in [5.41, 5.74) is 7.32. The Morgan fingerprint density at radius 2 is 1.83 bits per heavy atom. The summed E-state index contributed by atoms with van der Waals surface area (Å²) in [6.45, 7) is 0.364. The van der Waals surface area contributed by atoms with Crippen molar-refractivity contribution in [2.45, 2.75) is 22.2 Å². The average molecular weight is 380 g/mol. The van der Waals surface area contributed by atoms with E-state index in [4.69, 9.17) is 17.3 Å². The molecule has 0 unspecified atom stereocenters. The van der Waals surface area contributed by atoms with E-state index in [1.807, 2.05) is 18.2 Å². The highest BCUT2D eigenvalue weighted by Crippen LogP contribution is 2.23. The van der Waals surface area contributed by atoms with Crippen LogP contribution in [0.15, 0.2) is 57.8 Å². The van der Waals surface area contributed by atoms with Gasteiger partial charge in [-0.25, -0.2) is 13.4 Å². The number of benzene rings is 2. The quantitative estimate of drug-likeness (QED) is 0.736. The molecule has 1 aromatic heterocycles. The van der Waals surface area contributed by atoms with Gasteiger partial charge in [0.05, 0.1) is 4.90 Å². The van der Waals surface area contributed by atoms with Crippen LogP contribution in [0.3, 0.4) is 0 Å². The minimum Gasteiger partial charge on any atom is -0.326 e. The molecule has 0 spiro atoms. The van der Waals surface area contributed by atoms with Gasteiger partial charge in [-0.2, -0.15) is 4.37 Å². The molecule has 0 aliphatic carbocycles. The smallest absolute Gasteiger partial charge is 0.235 e. The third kappa shape index (κ3) is 3.64. The van der Waals surface area contributed by atoms with Crippen molar-refractivity contribution in [3.63, 3.8) is 0 Å². The first-order chi connectivity index (χ1) is 11.5. The second-order valence-corrected chi connectivity index (χ2v) is 8.45. The van der Waals surface area contributed by atoms with Crippen molar-refractivity contribution in [3.8, 4) is 0 Å². The molecule has 2 aromatic carbocycles. The normalized spacial score (nSPS) is 11.6. The number of hydrogen-bond donors (Lipinski definition) is 1. The average Bonchev–Trinajstić information content (AvgIpc) is 3.04. The van der Waals surface area contributed by atoms with Crippen molar-refractivity contribution in [2.75, 3.05) is 0 Å². The van der Waals surface area contributed by atoms with Gasteiger partial charge >= 0.3 is 0 Å². The predicted molar refractivity (Wildman–Crippen MR) is 94.0 cm³/mol. The molecule has 5 nitrogen and oxygen atoms in total. The Bertz CT molecular complexity index is 953. The fraction of sp³-hybridized carbons (Fsp3) is 0.125. The molecule has 124 valence electrons. The van der Waals surface area contributed by atoms with E-state index in [0.717, 1.165) is 22.7 Å². The van der Waals surface area contributed by atoms with Crippen LogP contribution >= 0.6 is 23.1 Å². The first-order valence-electron chi connectivity index (χ1n) is 7.10. The van der Waals surface area contributed by atoms with Crippen LogP contribution in [0.5, 0.6) is 0 Å². The number of nitrogens with two attached hydrogens (primary N) is 1. The molecule has 3 aromatic rings. The van der Waals surface area contributed by atoms with Crippen molar-refractivity contribution in [1.82, 2.24) is 9.36 Å². The van der Waals surface area contributed by atoms with E-state index in [9.17, 15) is 8.42 Å². The summed E-state index contributed by atoms with van der Waals surface area (Å²) in [6.07, 6.45) is 0.429. The van der Waals surface area contributed by atoms with Gasteiger partial charge in [0.15, 0.2) is 0 Å². The lowest BCUT2D eigenvalue weighted by molar-refractivity contribution is 0.595. The molecule has 0 atom stereocenters. The second-order valence-electron chi connectivity index (χ2n) is 5.13. The molecule has 2 N–H and O–H groups in total. The summed E-state index contributed by atoms with van der Waals surface area (Å²) in [6, 6.07) is 13.8. The Morgan fingerprint density at radius 1 is 1.08 bits per heavy atom. The van der Waals surface area contributed by atoms with Crippen molar-refractivity contribution in [2.24, 2.45) is 5.73 Å². The number of nitrogens with zero attached hydrogens (tertiary/aromatic N) is 2. The number of rotatable bonds is 5. The molecular formula is C16H14ClN3O2S2. The predicted octanol–water partition coefficient (Wildman–Crippen LogP) is 3.07. The molecule has 0 bridgehead atoms. The van der Waals surface area contributed by atoms with Crippen LogP contribution in [0.4, 0.5) is 0 Å². The van der Waals surface area contributed by atoms with Gasteiger partial charge in [-0.05, 0) is 46.9 Å². The van der Waals surface area contributed by atoms with Crippen molar-refractivity contribution in [1.29, 1.82) is 0 Å². The van der Waals surface area contributed by atoms with E-state index >= 15 is 0 Å². The van der Waals surface area contributed by atoms with Gasteiger partial charge < -0.3 is 5.73 Å². The van der Waals surface area contributed by atoms with Crippen LogP contribution < -0.4 is 5.73 Å². The molecule has 24 heavy (non-hydrogen) atoms. The summed E-state index contributed by atoms with van der Waals surface area (Å²) in [5.74, 6) is 0.458. The SMILES string of the molecule is NCc1ccc(S(=O)(=O)c2nc(Cc3cccc(Cl)c3)ns2)cc1. The van der Waals surface area contributed by atoms with Gasteiger partial charge in [-0.3, -0.25) is 0 Å². The van der Waals surface area contributed by atoms with Crippen LogP contribution in [0.2, 0.25) is 5.02 Å². The van der Waals surface area contributed by atoms with Crippen molar-refractivity contribution < 1.29 is 8.42 Å². The summed E-state index contributed by atoms with van der Waals surface area (Å²) in [5, 5.41) is 0.621. The van der Waals surface area contributed by atoms with E-state index in [2.05, 4.69) is 9.36 Å². The van der Waals surface area contributed by atoms with E-state index in [-0.39, 0.29) is 9.24 Å². The van der Waals surface area contributed by atoms with Crippen LogP contribution in [-0.4, -0.2) is 17.8 Å². The number of aromatic nitrogens is 2. The molecule has 0 radical (unpaired) electrons. The monoisotopic (exact) mass is 379 g/mol. The van der Waals surface area contributed by atoms with Gasteiger partial charge in [0.25, 0.3) is 0 Å². The third-order valence-corrected chi connectivity index (χ3v) is 6.51. The maximum Gasteiger partial charge on any atom is 0.235 e. The summed E-state index contributed by atoms with van der Waals surface area (Å²) >= 11 is 6.83. The first-order valence-corrected chi connectivity index (χ1v) is 9.73. The molecule has 0 amide bonds. The van der Waals surface area contributed by atoms with Crippen LogP contribution in [0.1, 0.15) is 17.0 Å². The van der Waals surface area contributed by atoms with Crippen LogP contribution in [0.25, 0.3) is 0 Å². The lowest BCUT2D eigenvalue weighted by Crippen LogP contribution is -2.03. The largest absolute Gasteiger partial charge is 0.326 e. The highest BCUT2D eigenvalue weighted by molar-refractivity contribution is 7.93. The topological polar surface area (TPSA) is 85.9 Å². The summed E-state index contributed by atoms with van der Waals surface area (Å²) in [7, 11) is -3.67. The van der Waals surface area contributed by atoms with E-state index in [0.29, 0.717) is 23.8 Å². The molecule has 0 aliphatic rings. The molecule has 1 heterocycles. The van der Waals surface area contributed by atoms with Gasteiger partial charge in [-0.15, -0.1) is 0 Å². The molecule has 3 rings (SSSR count).